The first-order valence-corrected chi connectivity index (χ1v) is 8.05. The minimum absolute atomic E-state index is 0.200. The maximum Gasteiger partial charge on any atom is 0.264 e. The third-order valence-corrected chi connectivity index (χ3v) is 4.59. The van der Waals surface area contributed by atoms with Crippen LogP contribution in [0.4, 0.5) is 5.69 Å². The van der Waals surface area contributed by atoms with Gasteiger partial charge in [0.15, 0.2) is 5.17 Å². The van der Waals surface area contributed by atoms with Crippen LogP contribution in [0.2, 0.25) is 0 Å². The van der Waals surface area contributed by atoms with Crippen molar-refractivity contribution in [1.29, 1.82) is 0 Å². The molecule has 1 aromatic heterocycles. The van der Waals surface area contributed by atoms with Gasteiger partial charge in [0.1, 0.15) is 0 Å². The van der Waals surface area contributed by atoms with Crippen LogP contribution in [0, 0.1) is 0 Å². The molecular weight excluding hydrogens is 318 g/mol. The third kappa shape index (κ3) is 3.10. The van der Waals surface area contributed by atoms with Crippen molar-refractivity contribution in [3.05, 3.63) is 57.1 Å². The summed E-state index contributed by atoms with van der Waals surface area (Å²) in [4.78, 5) is 29.2. The molecule has 3 rings (SSSR count). The highest BCUT2D eigenvalue weighted by molar-refractivity contribution is 8.18. The lowest BCUT2D eigenvalue weighted by molar-refractivity contribution is -0.115. The zero-order chi connectivity index (χ0) is 15.5. The average molecular weight is 329 g/mol. The molecule has 7 heteroatoms. The lowest BCUT2D eigenvalue weighted by Gasteiger charge is -2.01. The number of thiophene rings is 1. The van der Waals surface area contributed by atoms with Gasteiger partial charge in [-0.3, -0.25) is 9.59 Å². The van der Waals surface area contributed by atoms with E-state index in [0.29, 0.717) is 21.3 Å². The molecule has 0 radical (unpaired) electrons. The molecule has 22 heavy (non-hydrogen) atoms. The molecule has 1 fully saturated rings. The Balaban J connectivity index is 1.89. The van der Waals surface area contributed by atoms with E-state index in [1.165, 1.54) is 11.8 Å². The first kappa shape index (κ1) is 14.6. The Morgan fingerprint density at radius 3 is 2.77 bits per heavy atom. The van der Waals surface area contributed by atoms with E-state index in [1.54, 1.807) is 35.6 Å². The van der Waals surface area contributed by atoms with Crippen molar-refractivity contribution in [2.24, 2.45) is 10.7 Å². The van der Waals surface area contributed by atoms with E-state index >= 15 is 0 Å². The van der Waals surface area contributed by atoms with E-state index in [9.17, 15) is 9.59 Å². The average Bonchev–Trinajstić information content (AvgIpc) is 3.10. The number of benzene rings is 1. The van der Waals surface area contributed by atoms with Crippen LogP contribution >= 0.6 is 23.1 Å². The second-order valence-corrected chi connectivity index (χ2v) is 6.39. The van der Waals surface area contributed by atoms with E-state index in [2.05, 4.69) is 10.3 Å². The number of thioether (sulfide) groups is 1. The number of aliphatic imine (C=N–C) groups is 1. The van der Waals surface area contributed by atoms with E-state index in [-0.39, 0.29) is 5.91 Å². The summed E-state index contributed by atoms with van der Waals surface area (Å²) in [5.74, 6) is -0.752. The van der Waals surface area contributed by atoms with Crippen molar-refractivity contribution in [2.75, 3.05) is 0 Å². The van der Waals surface area contributed by atoms with Gasteiger partial charge in [-0.05, 0) is 41.4 Å². The van der Waals surface area contributed by atoms with E-state index in [0.717, 1.165) is 4.88 Å². The van der Waals surface area contributed by atoms with Crippen LogP contribution in [0.3, 0.4) is 0 Å². The predicted octanol–water partition coefficient (Wildman–Crippen LogP) is 2.74. The van der Waals surface area contributed by atoms with Gasteiger partial charge in [0.05, 0.1) is 16.2 Å². The minimum atomic E-state index is -0.552. The van der Waals surface area contributed by atoms with Gasteiger partial charge in [-0.15, -0.1) is 11.3 Å². The number of para-hydroxylation sites is 1. The number of nitrogens with two attached hydrogens (primary N) is 1. The molecule has 0 bridgehead atoms. The van der Waals surface area contributed by atoms with Gasteiger partial charge in [-0.2, -0.15) is 0 Å². The Kier molecular flexibility index (Phi) is 4.08. The summed E-state index contributed by atoms with van der Waals surface area (Å²) in [5.41, 5.74) is 6.08. The van der Waals surface area contributed by atoms with Crippen LogP contribution in [0.1, 0.15) is 15.2 Å². The van der Waals surface area contributed by atoms with Gasteiger partial charge in [0.2, 0.25) is 0 Å². The summed E-state index contributed by atoms with van der Waals surface area (Å²) in [5, 5.41) is 5.07. The topological polar surface area (TPSA) is 84.6 Å². The molecule has 0 spiro atoms. The van der Waals surface area contributed by atoms with Crippen LogP contribution in [0.15, 0.2) is 51.7 Å². The van der Waals surface area contributed by atoms with Crippen molar-refractivity contribution in [3.8, 4) is 0 Å². The number of rotatable bonds is 3. The Morgan fingerprint density at radius 2 is 2.05 bits per heavy atom. The maximum atomic E-state index is 12.0. The Bertz CT molecular complexity index is 795. The molecule has 5 nitrogen and oxygen atoms in total. The number of carbonyl (C=O) groups excluding carboxylic acids is 2. The molecule has 2 aromatic rings. The van der Waals surface area contributed by atoms with Gasteiger partial charge in [0.25, 0.3) is 11.8 Å². The van der Waals surface area contributed by atoms with Crippen molar-refractivity contribution < 1.29 is 9.59 Å². The van der Waals surface area contributed by atoms with Gasteiger partial charge in [-0.1, -0.05) is 18.2 Å². The van der Waals surface area contributed by atoms with Crippen LogP contribution < -0.4 is 11.1 Å². The second kappa shape index (κ2) is 6.17. The van der Waals surface area contributed by atoms with Crippen molar-refractivity contribution in [1.82, 2.24) is 5.32 Å². The number of primary amides is 1. The molecule has 110 valence electrons. The van der Waals surface area contributed by atoms with Crippen LogP contribution in [0.25, 0.3) is 6.08 Å². The van der Waals surface area contributed by atoms with Crippen LogP contribution in [-0.4, -0.2) is 17.0 Å². The van der Waals surface area contributed by atoms with Crippen molar-refractivity contribution in [3.63, 3.8) is 0 Å². The van der Waals surface area contributed by atoms with E-state index in [4.69, 9.17) is 5.73 Å². The molecule has 0 saturated carbocycles. The van der Waals surface area contributed by atoms with Crippen molar-refractivity contribution in [2.45, 2.75) is 0 Å². The first-order chi connectivity index (χ1) is 10.6. The largest absolute Gasteiger partial charge is 0.366 e. The highest BCUT2D eigenvalue weighted by Crippen LogP contribution is 2.29. The van der Waals surface area contributed by atoms with Crippen molar-refractivity contribution >= 4 is 51.8 Å². The monoisotopic (exact) mass is 329 g/mol. The predicted molar refractivity (Wildman–Crippen MR) is 90.1 cm³/mol. The first-order valence-electron chi connectivity index (χ1n) is 6.35. The van der Waals surface area contributed by atoms with Gasteiger partial charge in [0, 0.05) is 4.88 Å². The fraction of sp³-hybridized carbons (Fsp3) is 0. The Labute approximate surface area is 134 Å². The minimum Gasteiger partial charge on any atom is -0.366 e. The number of carbonyl (C=O) groups is 2. The summed E-state index contributed by atoms with van der Waals surface area (Å²) in [7, 11) is 0. The molecule has 3 N–H and O–H groups in total. The highest BCUT2D eigenvalue weighted by atomic mass is 32.2. The molecule has 0 aliphatic carbocycles. The number of amidine groups is 1. The molecule has 0 atom stereocenters. The quantitative estimate of drug-likeness (QED) is 0.849. The summed E-state index contributed by atoms with van der Waals surface area (Å²) in [6, 6.07) is 10.6. The Hall–Kier alpha value is -2.38. The smallest absolute Gasteiger partial charge is 0.264 e. The van der Waals surface area contributed by atoms with E-state index in [1.807, 2.05) is 23.6 Å². The highest BCUT2D eigenvalue weighted by Gasteiger charge is 2.24. The molecule has 0 unspecified atom stereocenters. The summed E-state index contributed by atoms with van der Waals surface area (Å²) >= 11 is 2.79. The zero-order valence-electron chi connectivity index (χ0n) is 11.3. The molecule has 1 saturated heterocycles. The number of amides is 2. The third-order valence-electron chi connectivity index (χ3n) is 2.86. The van der Waals surface area contributed by atoms with Gasteiger partial charge >= 0.3 is 0 Å². The van der Waals surface area contributed by atoms with Gasteiger partial charge in [-0.25, -0.2) is 4.99 Å². The molecule has 2 heterocycles. The molecule has 2 amide bonds. The summed E-state index contributed by atoms with van der Waals surface area (Å²) in [6.07, 6.45) is 1.81. The number of nitrogens with one attached hydrogen (secondary N) is 1. The SMILES string of the molecule is NC(=O)c1ccccc1N=C1NC(=O)/C(=C\c2cccs2)S1. The fourth-order valence-corrected chi connectivity index (χ4v) is 3.43. The fourth-order valence-electron chi connectivity index (χ4n) is 1.87. The molecular formula is C15H11N3O2S2. The standard InChI is InChI=1S/C15H11N3O2S2/c16-13(19)10-5-1-2-6-11(10)17-15-18-14(20)12(22-15)8-9-4-3-7-21-9/h1-8H,(H2,16,19)(H,17,18,20)/b12-8+. The summed E-state index contributed by atoms with van der Waals surface area (Å²) < 4.78 is 0. The second-order valence-electron chi connectivity index (χ2n) is 4.38. The molecule has 1 aliphatic rings. The number of nitrogens with zero attached hydrogens (tertiary/aromatic N) is 1. The Morgan fingerprint density at radius 1 is 1.23 bits per heavy atom. The lowest BCUT2D eigenvalue weighted by atomic mass is 10.2. The van der Waals surface area contributed by atoms with E-state index < -0.39 is 5.91 Å². The van der Waals surface area contributed by atoms with Gasteiger partial charge < -0.3 is 11.1 Å². The number of hydrogen-bond acceptors (Lipinski definition) is 5. The lowest BCUT2D eigenvalue weighted by Crippen LogP contribution is -2.19. The number of hydrogen-bond donors (Lipinski definition) is 2. The maximum absolute atomic E-state index is 12.0. The molecule has 1 aliphatic heterocycles. The molecule has 1 aromatic carbocycles. The van der Waals surface area contributed by atoms with Crippen LogP contribution in [0.5, 0.6) is 0 Å². The summed E-state index contributed by atoms with van der Waals surface area (Å²) in [6.45, 7) is 0. The van der Waals surface area contributed by atoms with Crippen LogP contribution in [-0.2, 0) is 4.79 Å². The zero-order valence-corrected chi connectivity index (χ0v) is 12.9. The normalized spacial score (nSPS) is 17.9.